The topological polar surface area (TPSA) is 23.5 Å². The monoisotopic (exact) mass is 219 g/mol. The van der Waals surface area contributed by atoms with Crippen LogP contribution in [-0.2, 0) is 0 Å². The number of hydrogen-bond donors (Lipinski definition) is 1. The maximum absolute atomic E-state index is 9.70. The van der Waals surface area contributed by atoms with E-state index in [4.69, 9.17) is 0 Å². The van der Waals surface area contributed by atoms with Gasteiger partial charge in [-0.2, -0.15) is 0 Å². The van der Waals surface area contributed by atoms with Gasteiger partial charge in [0.15, 0.2) is 0 Å². The highest BCUT2D eigenvalue weighted by molar-refractivity contribution is 5.47. The van der Waals surface area contributed by atoms with Crippen molar-refractivity contribution < 1.29 is 5.11 Å². The van der Waals surface area contributed by atoms with E-state index in [-0.39, 0.29) is 6.10 Å². The van der Waals surface area contributed by atoms with Crippen LogP contribution in [-0.4, -0.2) is 18.7 Å². The van der Waals surface area contributed by atoms with E-state index in [1.54, 1.807) is 0 Å². The van der Waals surface area contributed by atoms with Crippen LogP contribution in [0.2, 0.25) is 0 Å². The van der Waals surface area contributed by atoms with Crippen LogP contribution in [0.1, 0.15) is 37.9 Å². The highest BCUT2D eigenvalue weighted by atomic mass is 16.3. The van der Waals surface area contributed by atoms with Crippen LogP contribution in [0.15, 0.2) is 24.3 Å². The summed E-state index contributed by atoms with van der Waals surface area (Å²) in [5.74, 6) is 0.908. The lowest BCUT2D eigenvalue weighted by Gasteiger charge is -2.19. The molecule has 2 rings (SSSR count). The quantitative estimate of drug-likeness (QED) is 0.823. The van der Waals surface area contributed by atoms with Crippen molar-refractivity contribution in [1.29, 1.82) is 0 Å². The van der Waals surface area contributed by atoms with E-state index in [1.807, 2.05) is 19.1 Å². The van der Waals surface area contributed by atoms with Gasteiger partial charge in [0.2, 0.25) is 0 Å². The average Bonchev–Trinajstić information content (AvgIpc) is 3.12. The van der Waals surface area contributed by atoms with Crippen molar-refractivity contribution >= 4 is 5.69 Å². The molecule has 0 radical (unpaired) electrons. The third kappa shape index (κ3) is 2.76. The number of nitrogens with zero attached hydrogens (tertiary/aromatic N) is 1. The number of rotatable bonds is 5. The van der Waals surface area contributed by atoms with Crippen LogP contribution in [0.3, 0.4) is 0 Å². The predicted molar refractivity (Wildman–Crippen MR) is 67.7 cm³/mol. The molecule has 2 nitrogen and oxygen atoms in total. The highest BCUT2D eigenvalue weighted by Crippen LogP contribution is 2.31. The molecule has 1 atom stereocenters. The number of aliphatic hydroxyl groups is 1. The van der Waals surface area contributed by atoms with Crippen molar-refractivity contribution in [2.75, 3.05) is 18.5 Å². The number of benzene rings is 1. The molecule has 16 heavy (non-hydrogen) atoms. The SMILES string of the molecule is CC[C@H](O)c1ccc(N(C)CC2CC2)cc1. The lowest BCUT2D eigenvalue weighted by Crippen LogP contribution is -2.19. The van der Waals surface area contributed by atoms with Gasteiger partial charge in [0, 0.05) is 19.3 Å². The van der Waals surface area contributed by atoms with Crippen LogP contribution in [0, 0.1) is 5.92 Å². The summed E-state index contributed by atoms with van der Waals surface area (Å²) in [7, 11) is 2.14. The van der Waals surface area contributed by atoms with Crippen LogP contribution in [0.25, 0.3) is 0 Å². The second-order valence-electron chi connectivity index (χ2n) is 4.84. The molecule has 1 aliphatic rings. The van der Waals surface area contributed by atoms with Gasteiger partial charge in [-0.1, -0.05) is 19.1 Å². The molecule has 1 aromatic carbocycles. The second kappa shape index (κ2) is 4.88. The smallest absolute Gasteiger partial charge is 0.0787 e. The molecule has 0 spiro atoms. The summed E-state index contributed by atoms with van der Waals surface area (Å²) in [6.07, 6.45) is 3.23. The van der Waals surface area contributed by atoms with E-state index in [0.29, 0.717) is 0 Å². The Bertz CT molecular complexity index is 329. The summed E-state index contributed by atoms with van der Waals surface area (Å²) in [5, 5.41) is 9.70. The van der Waals surface area contributed by atoms with Gasteiger partial charge in [-0.05, 0) is 42.9 Å². The van der Waals surface area contributed by atoms with Crippen LogP contribution in [0.4, 0.5) is 5.69 Å². The number of anilines is 1. The van der Waals surface area contributed by atoms with Gasteiger partial charge in [-0.25, -0.2) is 0 Å². The third-order valence-corrected chi connectivity index (χ3v) is 3.33. The number of hydrogen-bond acceptors (Lipinski definition) is 2. The van der Waals surface area contributed by atoms with Crippen molar-refractivity contribution in [1.82, 2.24) is 0 Å². The van der Waals surface area contributed by atoms with Gasteiger partial charge in [0.1, 0.15) is 0 Å². The molecule has 1 aromatic rings. The van der Waals surface area contributed by atoms with Gasteiger partial charge in [0.05, 0.1) is 6.10 Å². The van der Waals surface area contributed by atoms with Crippen molar-refractivity contribution in [3.05, 3.63) is 29.8 Å². The molecule has 0 aliphatic heterocycles. The second-order valence-corrected chi connectivity index (χ2v) is 4.84. The first kappa shape index (κ1) is 11.5. The fraction of sp³-hybridized carbons (Fsp3) is 0.571. The molecule has 1 fully saturated rings. The maximum Gasteiger partial charge on any atom is 0.0787 e. The van der Waals surface area contributed by atoms with E-state index in [9.17, 15) is 5.11 Å². The summed E-state index contributed by atoms with van der Waals surface area (Å²) in [6, 6.07) is 8.28. The van der Waals surface area contributed by atoms with E-state index >= 15 is 0 Å². The zero-order valence-corrected chi connectivity index (χ0v) is 10.2. The summed E-state index contributed by atoms with van der Waals surface area (Å²) in [6.45, 7) is 3.16. The Morgan fingerprint density at radius 2 is 1.94 bits per heavy atom. The molecule has 0 aromatic heterocycles. The van der Waals surface area contributed by atoms with Gasteiger partial charge < -0.3 is 10.0 Å². The van der Waals surface area contributed by atoms with Crippen molar-refractivity contribution in [3.8, 4) is 0 Å². The van der Waals surface area contributed by atoms with Gasteiger partial charge in [-0.15, -0.1) is 0 Å². The predicted octanol–water partition coefficient (Wildman–Crippen LogP) is 2.98. The van der Waals surface area contributed by atoms with Gasteiger partial charge in [-0.3, -0.25) is 0 Å². The Morgan fingerprint density at radius 1 is 1.31 bits per heavy atom. The lowest BCUT2D eigenvalue weighted by atomic mass is 10.1. The molecule has 0 saturated heterocycles. The molecule has 1 N–H and O–H groups in total. The first-order chi connectivity index (χ1) is 7.70. The molecule has 1 aliphatic carbocycles. The number of aliphatic hydroxyl groups excluding tert-OH is 1. The molecule has 0 amide bonds. The largest absolute Gasteiger partial charge is 0.388 e. The molecular formula is C14H21NO. The van der Waals surface area contributed by atoms with Gasteiger partial charge >= 0.3 is 0 Å². The molecule has 0 unspecified atom stereocenters. The Balaban J connectivity index is 1.99. The summed E-state index contributed by atoms with van der Waals surface area (Å²) in [5.41, 5.74) is 2.27. The van der Waals surface area contributed by atoms with E-state index in [1.165, 1.54) is 18.5 Å². The Labute approximate surface area is 97.9 Å². The Morgan fingerprint density at radius 3 is 2.44 bits per heavy atom. The third-order valence-electron chi connectivity index (χ3n) is 3.33. The minimum Gasteiger partial charge on any atom is -0.388 e. The van der Waals surface area contributed by atoms with E-state index < -0.39 is 0 Å². The first-order valence-electron chi connectivity index (χ1n) is 6.20. The zero-order valence-electron chi connectivity index (χ0n) is 10.2. The minimum absolute atomic E-state index is 0.317. The standard InChI is InChI=1S/C14H21NO/c1-3-14(16)12-6-8-13(9-7-12)15(2)10-11-4-5-11/h6-9,11,14,16H,3-5,10H2,1-2H3/t14-/m0/s1. The fourth-order valence-electron chi connectivity index (χ4n) is 1.98. The van der Waals surface area contributed by atoms with Crippen LogP contribution in [0.5, 0.6) is 0 Å². The van der Waals surface area contributed by atoms with Crippen LogP contribution >= 0.6 is 0 Å². The molecule has 88 valence electrons. The van der Waals surface area contributed by atoms with Crippen molar-refractivity contribution in [2.24, 2.45) is 5.92 Å². The van der Waals surface area contributed by atoms with Gasteiger partial charge in [0.25, 0.3) is 0 Å². The molecule has 2 heteroatoms. The molecule has 1 saturated carbocycles. The zero-order chi connectivity index (χ0) is 11.5. The van der Waals surface area contributed by atoms with E-state index in [0.717, 1.165) is 24.4 Å². The van der Waals surface area contributed by atoms with Crippen molar-refractivity contribution in [2.45, 2.75) is 32.3 Å². The summed E-state index contributed by atoms with van der Waals surface area (Å²) < 4.78 is 0. The Hall–Kier alpha value is -1.02. The summed E-state index contributed by atoms with van der Waals surface area (Å²) >= 11 is 0. The fourth-order valence-corrected chi connectivity index (χ4v) is 1.98. The average molecular weight is 219 g/mol. The minimum atomic E-state index is -0.317. The van der Waals surface area contributed by atoms with Crippen molar-refractivity contribution in [3.63, 3.8) is 0 Å². The molecule has 0 bridgehead atoms. The normalized spacial score (nSPS) is 17.2. The molecular weight excluding hydrogens is 198 g/mol. The van der Waals surface area contributed by atoms with E-state index in [2.05, 4.69) is 24.1 Å². The maximum atomic E-state index is 9.70. The summed E-state index contributed by atoms with van der Waals surface area (Å²) in [4.78, 5) is 2.31. The Kier molecular flexibility index (Phi) is 3.49. The lowest BCUT2D eigenvalue weighted by molar-refractivity contribution is 0.173. The first-order valence-corrected chi connectivity index (χ1v) is 6.20. The highest BCUT2D eigenvalue weighted by Gasteiger charge is 2.22. The molecule has 0 heterocycles. The van der Waals surface area contributed by atoms with Crippen LogP contribution < -0.4 is 4.90 Å².